The third-order valence-corrected chi connectivity index (χ3v) is 5.70. The van der Waals surface area contributed by atoms with Crippen LogP contribution in [0.5, 0.6) is 0 Å². The monoisotopic (exact) mass is 434 g/mol. The molecule has 3 heterocycles. The van der Waals surface area contributed by atoms with Crippen LogP contribution in [0.3, 0.4) is 0 Å². The fraction of sp³-hybridized carbons (Fsp3) is 0.368. The van der Waals surface area contributed by atoms with Gasteiger partial charge in [-0.05, 0) is 38.1 Å². The molecule has 0 spiro atoms. The quantitative estimate of drug-likeness (QED) is 0.603. The minimum absolute atomic E-state index is 0.674. The highest BCUT2D eigenvalue weighted by Gasteiger charge is 2.21. The highest BCUT2D eigenvalue weighted by atomic mass is 79.9. The van der Waals surface area contributed by atoms with Crippen molar-refractivity contribution >= 4 is 44.3 Å². The Morgan fingerprint density at radius 1 is 1.15 bits per heavy atom. The van der Waals surface area contributed by atoms with E-state index < -0.39 is 0 Å². The summed E-state index contributed by atoms with van der Waals surface area (Å²) in [5.41, 5.74) is 3.05. The molecule has 7 heteroatoms. The minimum atomic E-state index is 0.674. The second kappa shape index (κ2) is 7.18. The summed E-state index contributed by atoms with van der Waals surface area (Å²) in [6, 6.07) is 8.10. The van der Waals surface area contributed by atoms with Crippen molar-refractivity contribution in [2.45, 2.75) is 20.4 Å². The van der Waals surface area contributed by atoms with Gasteiger partial charge >= 0.3 is 0 Å². The molecule has 0 aliphatic carbocycles. The van der Waals surface area contributed by atoms with Crippen LogP contribution in [0, 0.1) is 13.8 Å². The van der Waals surface area contributed by atoms with E-state index >= 15 is 0 Å². The molecule has 26 heavy (non-hydrogen) atoms. The largest absolute Gasteiger partial charge is 0.361 e. The Morgan fingerprint density at radius 2 is 1.92 bits per heavy atom. The molecule has 0 amide bonds. The lowest BCUT2D eigenvalue weighted by molar-refractivity contribution is 0.247. The van der Waals surface area contributed by atoms with Crippen LogP contribution in [0.2, 0.25) is 5.02 Å². The predicted octanol–water partition coefficient (Wildman–Crippen LogP) is 4.58. The van der Waals surface area contributed by atoms with Crippen LogP contribution in [-0.4, -0.2) is 41.2 Å². The number of halogens is 2. The summed E-state index contributed by atoms with van der Waals surface area (Å²) in [6.45, 7) is 8.72. The molecular formula is C19H20BrClN4O. The Labute approximate surface area is 166 Å². The van der Waals surface area contributed by atoms with E-state index in [0.29, 0.717) is 5.02 Å². The molecular weight excluding hydrogens is 416 g/mol. The first-order valence-corrected chi connectivity index (χ1v) is 9.83. The molecule has 0 N–H and O–H groups in total. The van der Waals surface area contributed by atoms with Crippen molar-refractivity contribution in [3.63, 3.8) is 0 Å². The van der Waals surface area contributed by atoms with Gasteiger partial charge < -0.3 is 9.42 Å². The van der Waals surface area contributed by atoms with E-state index in [4.69, 9.17) is 21.1 Å². The van der Waals surface area contributed by atoms with Gasteiger partial charge in [0.05, 0.1) is 16.2 Å². The van der Waals surface area contributed by atoms with Gasteiger partial charge in [-0.25, -0.2) is 4.98 Å². The molecule has 1 saturated heterocycles. The fourth-order valence-electron chi connectivity index (χ4n) is 3.41. The standard InChI is InChI=1S/C19H20BrClN4O/c1-12-16(13(2)26-23-12)11-24-5-7-25(8-6-24)18-4-3-14-9-15(20)10-17(21)19(14)22-18/h3-4,9-10H,5-8,11H2,1-2H3. The normalized spacial score (nSPS) is 15.8. The third kappa shape index (κ3) is 3.46. The number of rotatable bonds is 3. The Balaban J connectivity index is 1.47. The molecule has 136 valence electrons. The van der Waals surface area contributed by atoms with Gasteiger partial charge in [0.2, 0.25) is 0 Å². The van der Waals surface area contributed by atoms with Crippen LogP contribution in [0.15, 0.2) is 33.3 Å². The summed E-state index contributed by atoms with van der Waals surface area (Å²) in [5.74, 6) is 1.90. The second-order valence-corrected chi connectivity index (χ2v) is 8.02. The number of nitrogens with zero attached hydrogens (tertiary/aromatic N) is 4. The number of hydrogen-bond acceptors (Lipinski definition) is 5. The number of piperazine rings is 1. The highest BCUT2D eigenvalue weighted by Crippen LogP contribution is 2.29. The van der Waals surface area contributed by atoms with Crippen LogP contribution in [-0.2, 0) is 6.54 Å². The number of pyridine rings is 1. The predicted molar refractivity (Wildman–Crippen MR) is 108 cm³/mol. The summed E-state index contributed by atoms with van der Waals surface area (Å²) >= 11 is 9.85. The van der Waals surface area contributed by atoms with E-state index in [1.807, 2.05) is 26.0 Å². The maximum atomic E-state index is 6.37. The molecule has 1 fully saturated rings. The lowest BCUT2D eigenvalue weighted by atomic mass is 10.1. The summed E-state index contributed by atoms with van der Waals surface area (Å²) in [5, 5.41) is 5.77. The average molecular weight is 436 g/mol. The zero-order valence-electron chi connectivity index (χ0n) is 14.8. The smallest absolute Gasteiger partial charge is 0.138 e. The lowest BCUT2D eigenvalue weighted by Crippen LogP contribution is -2.46. The van der Waals surface area contributed by atoms with E-state index in [2.05, 4.69) is 43.0 Å². The van der Waals surface area contributed by atoms with Crippen LogP contribution in [0.4, 0.5) is 5.82 Å². The molecule has 0 saturated carbocycles. The van der Waals surface area contributed by atoms with Gasteiger partial charge in [-0.1, -0.05) is 32.7 Å². The molecule has 1 aromatic carbocycles. The molecule has 0 radical (unpaired) electrons. The molecule has 0 atom stereocenters. The lowest BCUT2D eigenvalue weighted by Gasteiger charge is -2.35. The van der Waals surface area contributed by atoms with Gasteiger partial charge in [-0.15, -0.1) is 0 Å². The molecule has 4 rings (SSSR count). The van der Waals surface area contributed by atoms with Crippen LogP contribution < -0.4 is 4.90 Å². The third-order valence-electron chi connectivity index (χ3n) is 4.96. The fourth-order valence-corrected chi connectivity index (χ4v) is 4.29. The van der Waals surface area contributed by atoms with Crippen molar-refractivity contribution < 1.29 is 4.52 Å². The van der Waals surface area contributed by atoms with E-state index in [0.717, 1.165) is 65.4 Å². The first-order valence-electron chi connectivity index (χ1n) is 8.66. The molecule has 1 aliphatic rings. The summed E-state index contributed by atoms with van der Waals surface area (Å²) in [7, 11) is 0. The minimum Gasteiger partial charge on any atom is -0.361 e. The van der Waals surface area contributed by atoms with Crippen molar-refractivity contribution in [2.75, 3.05) is 31.1 Å². The van der Waals surface area contributed by atoms with Gasteiger partial charge in [0.1, 0.15) is 11.6 Å². The number of benzene rings is 1. The average Bonchev–Trinajstić information content (AvgIpc) is 2.94. The van der Waals surface area contributed by atoms with Crippen molar-refractivity contribution in [1.29, 1.82) is 0 Å². The first-order chi connectivity index (χ1) is 12.5. The summed E-state index contributed by atoms with van der Waals surface area (Å²) < 4.78 is 6.24. The maximum Gasteiger partial charge on any atom is 0.138 e. The van der Waals surface area contributed by atoms with Gasteiger partial charge in [0, 0.05) is 48.1 Å². The Kier molecular flexibility index (Phi) is 4.90. The highest BCUT2D eigenvalue weighted by molar-refractivity contribution is 9.10. The second-order valence-electron chi connectivity index (χ2n) is 6.69. The van der Waals surface area contributed by atoms with Crippen molar-refractivity contribution in [3.05, 3.63) is 50.8 Å². The van der Waals surface area contributed by atoms with Crippen LogP contribution in [0.1, 0.15) is 17.0 Å². The molecule has 5 nitrogen and oxygen atoms in total. The Hall–Kier alpha value is -1.63. The topological polar surface area (TPSA) is 45.4 Å². The van der Waals surface area contributed by atoms with E-state index in [1.165, 1.54) is 5.56 Å². The number of aryl methyl sites for hydroxylation is 2. The van der Waals surface area contributed by atoms with Gasteiger partial charge in [-0.2, -0.15) is 0 Å². The zero-order chi connectivity index (χ0) is 18.3. The number of aromatic nitrogens is 2. The van der Waals surface area contributed by atoms with Crippen molar-refractivity contribution in [2.24, 2.45) is 0 Å². The number of hydrogen-bond donors (Lipinski definition) is 0. The van der Waals surface area contributed by atoms with Crippen LogP contribution in [0.25, 0.3) is 10.9 Å². The van der Waals surface area contributed by atoms with Crippen molar-refractivity contribution in [3.8, 4) is 0 Å². The zero-order valence-corrected chi connectivity index (χ0v) is 17.1. The molecule has 0 unspecified atom stereocenters. The molecule has 2 aromatic heterocycles. The number of fused-ring (bicyclic) bond motifs is 1. The Bertz CT molecular complexity index is 931. The van der Waals surface area contributed by atoms with E-state index in [1.54, 1.807) is 0 Å². The maximum absolute atomic E-state index is 6.37. The first kappa shape index (κ1) is 17.8. The SMILES string of the molecule is Cc1noc(C)c1CN1CCN(c2ccc3cc(Br)cc(Cl)c3n2)CC1. The van der Waals surface area contributed by atoms with Gasteiger partial charge in [0.25, 0.3) is 0 Å². The van der Waals surface area contributed by atoms with Gasteiger partial charge in [-0.3, -0.25) is 4.90 Å². The molecule has 0 bridgehead atoms. The van der Waals surface area contributed by atoms with Crippen molar-refractivity contribution in [1.82, 2.24) is 15.0 Å². The van der Waals surface area contributed by atoms with E-state index in [9.17, 15) is 0 Å². The summed E-state index contributed by atoms with van der Waals surface area (Å²) in [4.78, 5) is 9.56. The van der Waals surface area contributed by atoms with Gasteiger partial charge in [0.15, 0.2) is 0 Å². The molecule has 3 aromatic rings. The van der Waals surface area contributed by atoms with E-state index in [-0.39, 0.29) is 0 Å². The Morgan fingerprint density at radius 3 is 2.62 bits per heavy atom. The molecule has 1 aliphatic heterocycles. The number of anilines is 1. The summed E-state index contributed by atoms with van der Waals surface area (Å²) in [6.07, 6.45) is 0. The van der Waals surface area contributed by atoms with Crippen LogP contribution >= 0.6 is 27.5 Å².